The number of amides is 2. The maximum absolute atomic E-state index is 12.9. The van der Waals surface area contributed by atoms with Gasteiger partial charge in [0.2, 0.25) is 11.8 Å². The fourth-order valence-electron chi connectivity index (χ4n) is 4.35. The highest BCUT2D eigenvalue weighted by Gasteiger charge is 2.54. The van der Waals surface area contributed by atoms with Crippen LogP contribution in [0.25, 0.3) is 0 Å². The molecule has 2 aliphatic rings. The first-order valence-corrected chi connectivity index (χ1v) is 11.4. The Kier molecular flexibility index (Phi) is 8.10. The number of epoxide rings is 1. The number of hydrogen-bond acceptors (Lipinski definition) is 7. The van der Waals surface area contributed by atoms with E-state index >= 15 is 0 Å². The zero-order valence-electron chi connectivity index (χ0n) is 19.4. The van der Waals surface area contributed by atoms with E-state index in [-0.39, 0.29) is 24.3 Å². The lowest BCUT2D eigenvalue weighted by molar-refractivity contribution is -0.135. The molecule has 1 aliphatic carbocycles. The summed E-state index contributed by atoms with van der Waals surface area (Å²) in [6.45, 7) is 2.87. The number of benzene rings is 1. The molecule has 0 radical (unpaired) electrons. The summed E-state index contributed by atoms with van der Waals surface area (Å²) >= 11 is 0. The van der Waals surface area contributed by atoms with E-state index in [9.17, 15) is 24.6 Å². The molecule has 1 heterocycles. The van der Waals surface area contributed by atoms with Crippen LogP contribution in [0.1, 0.15) is 37.8 Å². The number of aryl methyl sites for hydroxylation is 1. The highest BCUT2D eigenvalue weighted by Crippen LogP contribution is 2.32. The van der Waals surface area contributed by atoms with E-state index in [0.717, 1.165) is 23.3 Å². The highest BCUT2D eigenvalue weighted by atomic mass is 16.6. The van der Waals surface area contributed by atoms with Crippen molar-refractivity contribution in [1.82, 2.24) is 10.6 Å². The van der Waals surface area contributed by atoms with E-state index in [2.05, 4.69) is 10.6 Å². The monoisotopic (exact) mass is 462 g/mol. The molecule has 0 aromatic heterocycles. The van der Waals surface area contributed by atoms with Crippen molar-refractivity contribution in [2.75, 3.05) is 26.9 Å². The number of nitrogens with one attached hydrogen (secondary N) is 2. The van der Waals surface area contributed by atoms with Gasteiger partial charge >= 0.3 is 0 Å². The Hall–Kier alpha value is -2.49. The molecule has 0 spiro atoms. The van der Waals surface area contributed by atoms with Crippen LogP contribution in [0.4, 0.5) is 0 Å². The van der Waals surface area contributed by atoms with Crippen molar-refractivity contribution in [2.24, 2.45) is 11.8 Å². The van der Waals surface area contributed by atoms with Gasteiger partial charge in [-0.1, -0.05) is 26.0 Å². The first-order valence-electron chi connectivity index (χ1n) is 11.4. The molecule has 0 bridgehead atoms. The molecule has 1 fully saturated rings. The minimum absolute atomic E-state index is 0.0909. The summed E-state index contributed by atoms with van der Waals surface area (Å²) in [4.78, 5) is 38.6. The molecule has 1 aromatic rings. The Morgan fingerprint density at radius 2 is 1.94 bits per heavy atom. The zero-order valence-corrected chi connectivity index (χ0v) is 19.4. The fourth-order valence-corrected chi connectivity index (χ4v) is 4.35. The van der Waals surface area contributed by atoms with Gasteiger partial charge in [0.15, 0.2) is 11.4 Å². The van der Waals surface area contributed by atoms with Crippen molar-refractivity contribution in [3.63, 3.8) is 0 Å². The standard InChI is InChI=1S/C24H34N2O7/c1-14(2)9-18(21(29)24(12-28)13-33-24)25-23(31)19(11-27)26-22(30)16-8-7-15-5-4-6-20(32-3)17(15)10-16/h4-6,14,16,18-19,27-28H,7-13H2,1-3H3,(H,25,31)(H,26,30)/t16?,18-,19-,24+/m0/s1. The Bertz CT molecular complexity index is 867. The lowest BCUT2D eigenvalue weighted by atomic mass is 9.83. The third-order valence-electron chi connectivity index (χ3n) is 6.39. The first-order chi connectivity index (χ1) is 15.7. The summed E-state index contributed by atoms with van der Waals surface area (Å²) in [5.41, 5.74) is 0.863. The van der Waals surface area contributed by atoms with Crippen molar-refractivity contribution in [3.8, 4) is 5.75 Å². The predicted molar refractivity (Wildman–Crippen MR) is 120 cm³/mol. The molecule has 1 saturated heterocycles. The van der Waals surface area contributed by atoms with Gasteiger partial charge in [-0.05, 0) is 48.8 Å². The molecular weight excluding hydrogens is 428 g/mol. The molecule has 2 amide bonds. The second kappa shape index (κ2) is 10.6. The lowest BCUT2D eigenvalue weighted by Gasteiger charge is -2.28. The number of carbonyl (C=O) groups excluding carboxylic acids is 3. The molecule has 9 heteroatoms. The number of ether oxygens (including phenoxy) is 2. The van der Waals surface area contributed by atoms with Crippen LogP contribution in [0, 0.1) is 11.8 Å². The maximum atomic E-state index is 12.9. The van der Waals surface area contributed by atoms with Crippen LogP contribution in [0.3, 0.4) is 0 Å². The molecular formula is C24H34N2O7. The Morgan fingerprint density at radius 3 is 2.52 bits per heavy atom. The van der Waals surface area contributed by atoms with Crippen molar-refractivity contribution in [3.05, 3.63) is 29.3 Å². The van der Waals surface area contributed by atoms with Crippen LogP contribution in [-0.4, -0.2) is 72.4 Å². The van der Waals surface area contributed by atoms with Crippen LogP contribution in [0.15, 0.2) is 18.2 Å². The largest absolute Gasteiger partial charge is 0.496 e. The number of carbonyl (C=O) groups is 3. The third-order valence-corrected chi connectivity index (χ3v) is 6.39. The number of rotatable bonds is 11. The smallest absolute Gasteiger partial charge is 0.245 e. The number of ketones is 1. The van der Waals surface area contributed by atoms with Gasteiger partial charge in [0, 0.05) is 5.92 Å². The van der Waals surface area contributed by atoms with Gasteiger partial charge in [-0.2, -0.15) is 0 Å². The molecule has 33 heavy (non-hydrogen) atoms. The molecule has 0 saturated carbocycles. The molecule has 1 aromatic carbocycles. The quantitative estimate of drug-likeness (QED) is 0.343. The van der Waals surface area contributed by atoms with Gasteiger partial charge in [-0.3, -0.25) is 14.4 Å². The van der Waals surface area contributed by atoms with Gasteiger partial charge in [-0.15, -0.1) is 0 Å². The molecule has 1 aliphatic heterocycles. The molecule has 3 rings (SSSR count). The lowest BCUT2D eigenvalue weighted by Crippen LogP contribution is -2.56. The van der Waals surface area contributed by atoms with Crippen molar-refractivity contribution in [2.45, 2.75) is 57.2 Å². The summed E-state index contributed by atoms with van der Waals surface area (Å²) in [5.74, 6) is -0.908. The van der Waals surface area contributed by atoms with Gasteiger partial charge < -0.3 is 30.3 Å². The van der Waals surface area contributed by atoms with Gasteiger partial charge in [0.25, 0.3) is 0 Å². The Labute approximate surface area is 193 Å². The Morgan fingerprint density at radius 1 is 1.21 bits per heavy atom. The Balaban J connectivity index is 1.65. The topological polar surface area (TPSA) is 137 Å². The van der Waals surface area contributed by atoms with Crippen LogP contribution >= 0.6 is 0 Å². The molecule has 182 valence electrons. The second-order valence-electron chi connectivity index (χ2n) is 9.28. The van der Waals surface area contributed by atoms with E-state index in [1.165, 1.54) is 0 Å². The van der Waals surface area contributed by atoms with Crippen molar-refractivity contribution >= 4 is 17.6 Å². The number of aliphatic hydroxyl groups is 2. The van der Waals surface area contributed by atoms with E-state index in [4.69, 9.17) is 9.47 Å². The molecule has 9 nitrogen and oxygen atoms in total. The van der Waals surface area contributed by atoms with Crippen LogP contribution < -0.4 is 15.4 Å². The average Bonchev–Trinajstić information content (AvgIpc) is 3.61. The minimum Gasteiger partial charge on any atom is -0.496 e. The van der Waals surface area contributed by atoms with Crippen molar-refractivity contribution in [1.29, 1.82) is 0 Å². The normalized spacial score (nSPS) is 23.3. The number of fused-ring (bicyclic) bond motifs is 1. The number of methoxy groups -OCH3 is 1. The highest BCUT2D eigenvalue weighted by molar-refractivity contribution is 5.98. The van der Waals surface area contributed by atoms with Crippen LogP contribution in [-0.2, 0) is 32.0 Å². The van der Waals surface area contributed by atoms with E-state index in [0.29, 0.717) is 19.3 Å². The number of hydrogen-bond donors (Lipinski definition) is 4. The van der Waals surface area contributed by atoms with Crippen molar-refractivity contribution < 1.29 is 34.1 Å². The van der Waals surface area contributed by atoms with Gasteiger partial charge in [0.05, 0.1) is 33.0 Å². The fraction of sp³-hybridized carbons (Fsp3) is 0.625. The summed E-state index contributed by atoms with van der Waals surface area (Å²) in [6, 6.07) is 3.72. The van der Waals surface area contributed by atoms with E-state index < -0.39 is 42.6 Å². The first kappa shape index (κ1) is 25.1. The average molecular weight is 463 g/mol. The third kappa shape index (κ3) is 5.72. The summed E-state index contributed by atoms with van der Waals surface area (Å²) in [7, 11) is 1.59. The minimum atomic E-state index is -1.26. The summed E-state index contributed by atoms with van der Waals surface area (Å²) < 4.78 is 10.6. The van der Waals surface area contributed by atoms with Crippen LogP contribution in [0.5, 0.6) is 5.75 Å². The summed E-state index contributed by atoms with van der Waals surface area (Å²) in [5, 5.41) is 24.6. The maximum Gasteiger partial charge on any atom is 0.245 e. The molecule has 4 N–H and O–H groups in total. The van der Waals surface area contributed by atoms with E-state index in [1.807, 2.05) is 32.0 Å². The SMILES string of the molecule is COc1cccc2c1CC(C(=O)N[C@@H](CO)C(=O)N[C@@H](CC(C)C)C(=O)[C@@]1(CO)CO1)CC2. The number of Topliss-reactive ketones (excluding diaryl/α,β-unsaturated/α-hetero) is 1. The number of aliphatic hydroxyl groups excluding tert-OH is 2. The predicted octanol–water partition coefficient (Wildman–Crippen LogP) is 0.139. The van der Waals surface area contributed by atoms with Gasteiger partial charge in [-0.25, -0.2) is 0 Å². The van der Waals surface area contributed by atoms with Gasteiger partial charge in [0.1, 0.15) is 11.8 Å². The zero-order chi connectivity index (χ0) is 24.2. The van der Waals surface area contributed by atoms with Crippen LogP contribution in [0.2, 0.25) is 0 Å². The molecule has 1 unspecified atom stereocenters. The second-order valence-corrected chi connectivity index (χ2v) is 9.28. The summed E-state index contributed by atoms with van der Waals surface area (Å²) in [6.07, 6.45) is 2.17. The van der Waals surface area contributed by atoms with E-state index in [1.54, 1.807) is 7.11 Å². The molecule has 4 atom stereocenters.